The number of amides is 1. The van der Waals surface area contributed by atoms with Gasteiger partial charge in [0.05, 0.1) is 26.4 Å². The molecule has 1 atom stereocenters. The smallest absolute Gasteiger partial charge is 0.254 e. The fourth-order valence-corrected chi connectivity index (χ4v) is 5.19. The third kappa shape index (κ3) is 4.14. The second kappa shape index (κ2) is 8.99. The van der Waals surface area contributed by atoms with Crippen LogP contribution in [0.15, 0.2) is 41.3 Å². The van der Waals surface area contributed by atoms with E-state index < -0.39 is 10.0 Å². The van der Waals surface area contributed by atoms with Crippen molar-refractivity contribution in [2.24, 2.45) is 0 Å². The lowest BCUT2D eigenvalue weighted by Gasteiger charge is -2.26. The highest BCUT2D eigenvalue weighted by Gasteiger charge is 2.33. The fourth-order valence-electron chi connectivity index (χ4n) is 4.12. The van der Waals surface area contributed by atoms with Crippen LogP contribution in [0.3, 0.4) is 0 Å². The van der Waals surface area contributed by atoms with Gasteiger partial charge in [0.15, 0.2) is 11.5 Å². The van der Waals surface area contributed by atoms with Crippen molar-refractivity contribution in [1.82, 2.24) is 9.21 Å². The van der Waals surface area contributed by atoms with Crippen LogP contribution < -0.4 is 14.2 Å². The Hall–Kier alpha value is -2.78. The number of hydrogen-bond donors (Lipinski definition) is 0. The van der Waals surface area contributed by atoms with E-state index in [4.69, 9.17) is 14.2 Å². The fraction of sp³-hybridized carbons (Fsp3) is 0.435. The van der Waals surface area contributed by atoms with E-state index in [0.717, 1.165) is 34.9 Å². The topological polar surface area (TPSA) is 85.4 Å². The molecule has 1 fully saturated rings. The number of carbonyl (C=O) groups excluding carboxylic acids is 1. The molecule has 2 aliphatic rings. The molecule has 1 saturated heterocycles. The van der Waals surface area contributed by atoms with Gasteiger partial charge < -0.3 is 19.1 Å². The summed E-state index contributed by atoms with van der Waals surface area (Å²) in [6, 6.07) is 10.2. The standard InChI is InChI=1S/C23H28N2O6S/c1-24(2)32(27,28)22-15-17(8-10-20(22)29-3)23(26)25-11-4-6-18(25)16-7-9-19-21(14-16)31-13-5-12-30-19/h7-10,14-15,18H,4-6,11-13H2,1-3H3/t18-/m1/s1. The van der Waals surface area contributed by atoms with Gasteiger partial charge in [-0.15, -0.1) is 0 Å². The van der Waals surface area contributed by atoms with Gasteiger partial charge in [0.1, 0.15) is 10.6 Å². The lowest BCUT2D eigenvalue weighted by Crippen LogP contribution is -2.31. The molecule has 0 unspecified atom stereocenters. The van der Waals surface area contributed by atoms with Crippen molar-refractivity contribution in [2.75, 3.05) is 41.0 Å². The van der Waals surface area contributed by atoms with E-state index in [1.807, 2.05) is 18.2 Å². The Morgan fingerprint density at radius 3 is 2.53 bits per heavy atom. The summed E-state index contributed by atoms with van der Waals surface area (Å²) in [7, 11) is 0.534. The van der Waals surface area contributed by atoms with Gasteiger partial charge >= 0.3 is 0 Å². The molecule has 9 heteroatoms. The predicted octanol–water partition coefficient (Wildman–Crippen LogP) is 3.08. The third-order valence-corrected chi connectivity index (χ3v) is 7.68. The minimum absolute atomic E-state index is 0.0258. The zero-order valence-corrected chi connectivity index (χ0v) is 19.4. The molecule has 0 aromatic heterocycles. The van der Waals surface area contributed by atoms with E-state index in [9.17, 15) is 13.2 Å². The Morgan fingerprint density at radius 2 is 1.81 bits per heavy atom. The van der Waals surface area contributed by atoms with Crippen LogP contribution in [-0.4, -0.2) is 64.5 Å². The van der Waals surface area contributed by atoms with E-state index in [1.54, 1.807) is 11.0 Å². The first-order valence-corrected chi connectivity index (χ1v) is 12.1. The normalized spacial score (nSPS) is 18.5. The number of ether oxygens (including phenoxy) is 3. The summed E-state index contributed by atoms with van der Waals surface area (Å²) in [4.78, 5) is 15.2. The summed E-state index contributed by atoms with van der Waals surface area (Å²) in [5.41, 5.74) is 1.29. The number of likely N-dealkylation sites (tertiary alicyclic amines) is 1. The van der Waals surface area contributed by atoms with Crippen LogP contribution in [-0.2, 0) is 10.0 Å². The molecule has 32 heavy (non-hydrogen) atoms. The van der Waals surface area contributed by atoms with Crippen LogP contribution in [0, 0.1) is 0 Å². The van der Waals surface area contributed by atoms with Crippen molar-refractivity contribution in [3.63, 3.8) is 0 Å². The zero-order valence-electron chi connectivity index (χ0n) is 18.5. The molecule has 0 bridgehead atoms. The average Bonchev–Trinajstić information content (AvgIpc) is 3.16. The van der Waals surface area contributed by atoms with Crippen LogP contribution in [0.25, 0.3) is 0 Å². The van der Waals surface area contributed by atoms with Gasteiger partial charge in [-0.3, -0.25) is 4.79 Å². The van der Waals surface area contributed by atoms with Crippen molar-refractivity contribution >= 4 is 15.9 Å². The largest absolute Gasteiger partial charge is 0.495 e. The summed E-state index contributed by atoms with van der Waals surface area (Å²) in [5.74, 6) is 1.41. The number of hydrogen-bond acceptors (Lipinski definition) is 6. The Labute approximate surface area is 188 Å². The minimum Gasteiger partial charge on any atom is -0.495 e. The second-order valence-corrected chi connectivity index (χ2v) is 10.2. The van der Waals surface area contributed by atoms with Crippen molar-refractivity contribution in [3.8, 4) is 17.2 Å². The highest BCUT2D eigenvalue weighted by atomic mass is 32.2. The molecule has 8 nitrogen and oxygen atoms in total. The van der Waals surface area contributed by atoms with Crippen molar-refractivity contribution in [3.05, 3.63) is 47.5 Å². The van der Waals surface area contributed by atoms with Gasteiger partial charge in [-0.1, -0.05) is 6.07 Å². The summed E-state index contributed by atoms with van der Waals surface area (Å²) < 4.78 is 43.4. The molecule has 2 heterocycles. The van der Waals surface area contributed by atoms with Crippen molar-refractivity contribution in [1.29, 1.82) is 0 Å². The van der Waals surface area contributed by atoms with Crippen molar-refractivity contribution in [2.45, 2.75) is 30.2 Å². The maximum absolute atomic E-state index is 13.4. The van der Waals surface area contributed by atoms with Gasteiger partial charge in [0.25, 0.3) is 5.91 Å². The maximum Gasteiger partial charge on any atom is 0.254 e. The number of nitrogens with zero attached hydrogens (tertiary/aromatic N) is 2. The quantitative estimate of drug-likeness (QED) is 0.682. The molecule has 4 rings (SSSR count). The summed E-state index contributed by atoms with van der Waals surface area (Å²) in [5, 5.41) is 0. The number of carbonyl (C=O) groups is 1. The molecule has 0 spiro atoms. The molecule has 2 aromatic carbocycles. The number of benzene rings is 2. The SMILES string of the molecule is COc1ccc(C(=O)N2CCC[C@@H]2c2ccc3c(c2)OCCCO3)cc1S(=O)(=O)N(C)C. The lowest BCUT2D eigenvalue weighted by atomic mass is 10.0. The summed E-state index contributed by atoms with van der Waals surface area (Å²) in [6.45, 7) is 1.81. The van der Waals surface area contributed by atoms with E-state index in [-0.39, 0.29) is 22.6 Å². The Bertz CT molecular complexity index is 1120. The molecule has 0 radical (unpaired) electrons. The van der Waals surface area contributed by atoms with Gasteiger partial charge in [0, 0.05) is 32.6 Å². The highest BCUT2D eigenvalue weighted by Crippen LogP contribution is 2.39. The molecular formula is C23H28N2O6S. The minimum atomic E-state index is -3.77. The van der Waals surface area contributed by atoms with Crippen LogP contribution in [0.2, 0.25) is 0 Å². The number of sulfonamides is 1. The number of methoxy groups -OCH3 is 1. The first kappa shape index (κ1) is 22.4. The van der Waals surface area contributed by atoms with Crippen LogP contribution in [0.4, 0.5) is 0 Å². The van der Waals surface area contributed by atoms with Gasteiger partial charge in [-0.2, -0.15) is 0 Å². The lowest BCUT2D eigenvalue weighted by molar-refractivity contribution is 0.0735. The second-order valence-electron chi connectivity index (χ2n) is 8.07. The third-order valence-electron chi connectivity index (χ3n) is 5.84. The Morgan fingerprint density at radius 1 is 1.06 bits per heavy atom. The summed E-state index contributed by atoms with van der Waals surface area (Å²) >= 11 is 0. The first-order chi connectivity index (χ1) is 15.3. The van der Waals surface area contributed by atoms with E-state index in [0.29, 0.717) is 31.1 Å². The Balaban J connectivity index is 1.65. The predicted molar refractivity (Wildman–Crippen MR) is 119 cm³/mol. The van der Waals surface area contributed by atoms with Crippen molar-refractivity contribution < 1.29 is 27.4 Å². The average molecular weight is 461 g/mol. The van der Waals surface area contributed by atoms with E-state index >= 15 is 0 Å². The molecule has 0 aliphatic carbocycles. The van der Waals surface area contributed by atoms with Crippen LogP contribution in [0.1, 0.15) is 41.2 Å². The number of fused-ring (bicyclic) bond motifs is 1. The van der Waals surface area contributed by atoms with Crippen LogP contribution in [0.5, 0.6) is 17.2 Å². The van der Waals surface area contributed by atoms with Crippen LogP contribution >= 0.6 is 0 Å². The molecule has 1 amide bonds. The molecular weight excluding hydrogens is 432 g/mol. The summed E-state index contributed by atoms with van der Waals surface area (Å²) in [6.07, 6.45) is 2.52. The number of rotatable bonds is 5. The highest BCUT2D eigenvalue weighted by molar-refractivity contribution is 7.89. The Kier molecular flexibility index (Phi) is 6.30. The van der Waals surface area contributed by atoms with Gasteiger partial charge in [-0.05, 0) is 48.7 Å². The van der Waals surface area contributed by atoms with Gasteiger partial charge in [0.2, 0.25) is 10.0 Å². The molecule has 2 aliphatic heterocycles. The monoisotopic (exact) mass is 460 g/mol. The molecule has 172 valence electrons. The molecule has 2 aromatic rings. The first-order valence-electron chi connectivity index (χ1n) is 10.6. The van der Waals surface area contributed by atoms with E-state index in [2.05, 4.69) is 0 Å². The maximum atomic E-state index is 13.4. The molecule has 0 saturated carbocycles. The van der Waals surface area contributed by atoms with Gasteiger partial charge in [-0.25, -0.2) is 12.7 Å². The zero-order chi connectivity index (χ0) is 22.9. The van der Waals surface area contributed by atoms with E-state index in [1.165, 1.54) is 33.3 Å². The molecule has 0 N–H and O–H groups in total.